The van der Waals surface area contributed by atoms with Crippen LogP contribution in [0.1, 0.15) is 75.3 Å². The summed E-state index contributed by atoms with van der Waals surface area (Å²) < 4.78 is 0. The van der Waals surface area contributed by atoms with Crippen molar-refractivity contribution in [2.75, 3.05) is 4.90 Å². The second-order valence-electron chi connectivity index (χ2n) is 16.2. The molecule has 8 rings (SSSR count). The molecule has 0 fully saturated rings. The summed E-state index contributed by atoms with van der Waals surface area (Å²) >= 11 is 0. The van der Waals surface area contributed by atoms with E-state index in [-0.39, 0.29) is 16.7 Å². The number of para-hydroxylation sites is 1. The van der Waals surface area contributed by atoms with Gasteiger partial charge in [-0.3, -0.25) is 0 Å². The molecule has 0 heterocycles. The summed E-state index contributed by atoms with van der Waals surface area (Å²) in [4.78, 5) is 2.43. The Labute approximate surface area is 309 Å². The quantitative estimate of drug-likeness (QED) is 0.125. The van der Waals surface area contributed by atoms with Crippen LogP contribution in [-0.2, 0) is 10.8 Å². The SMILES string of the molecule is CC(C)(C)c1ccc(C(c2ccccc2)c2cc3c4ccccc4c(N(c4ccccc4)c4ccc(C(C)(C)C)cc4)cc3c3ccccc23)cc1. The Morgan fingerprint density at radius 2 is 0.788 bits per heavy atom. The number of nitrogens with zero attached hydrogens (tertiary/aromatic N) is 1. The summed E-state index contributed by atoms with van der Waals surface area (Å²) in [5.41, 5.74) is 10.2. The summed E-state index contributed by atoms with van der Waals surface area (Å²) in [7, 11) is 0. The van der Waals surface area contributed by atoms with Gasteiger partial charge in [-0.2, -0.15) is 0 Å². The lowest BCUT2D eigenvalue weighted by molar-refractivity contribution is 0.590. The fraction of sp³-hybridized carbons (Fsp3) is 0.176. The highest BCUT2D eigenvalue weighted by Crippen LogP contribution is 2.46. The third kappa shape index (κ3) is 6.15. The van der Waals surface area contributed by atoms with Gasteiger partial charge in [0.25, 0.3) is 0 Å². The minimum absolute atomic E-state index is 0.0742. The number of rotatable bonds is 6. The van der Waals surface area contributed by atoms with Crippen molar-refractivity contribution in [3.8, 4) is 0 Å². The van der Waals surface area contributed by atoms with E-state index < -0.39 is 0 Å². The average molecular weight is 674 g/mol. The fourth-order valence-corrected chi connectivity index (χ4v) is 7.87. The molecule has 0 saturated heterocycles. The molecule has 1 unspecified atom stereocenters. The van der Waals surface area contributed by atoms with Gasteiger partial charge in [-0.05, 0) is 102 Å². The zero-order valence-electron chi connectivity index (χ0n) is 31.2. The van der Waals surface area contributed by atoms with Crippen molar-refractivity contribution in [2.45, 2.75) is 58.3 Å². The van der Waals surface area contributed by atoms with Crippen LogP contribution >= 0.6 is 0 Å². The minimum Gasteiger partial charge on any atom is -0.310 e. The molecule has 0 spiro atoms. The van der Waals surface area contributed by atoms with Gasteiger partial charge in [-0.15, -0.1) is 0 Å². The van der Waals surface area contributed by atoms with Crippen molar-refractivity contribution < 1.29 is 0 Å². The highest BCUT2D eigenvalue weighted by atomic mass is 15.1. The number of hydrogen-bond donors (Lipinski definition) is 0. The van der Waals surface area contributed by atoms with Crippen molar-refractivity contribution in [2.24, 2.45) is 0 Å². The summed E-state index contributed by atoms with van der Waals surface area (Å²) in [6, 6.07) is 63.2. The Hall–Kier alpha value is -5.66. The van der Waals surface area contributed by atoms with E-state index >= 15 is 0 Å². The van der Waals surface area contributed by atoms with E-state index in [9.17, 15) is 0 Å². The van der Waals surface area contributed by atoms with E-state index in [1.165, 1.54) is 65.8 Å². The molecule has 0 amide bonds. The molecule has 1 heteroatoms. The summed E-state index contributed by atoms with van der Waals surface area (Å²) in [6.07, 6.45) is 0. The molecular weight excluding hydrogens is 627 g/mol. The van der Waals surface area contributed by atoms with Gasteiger partial charge in [0, 0.05) is 22.7 Å². The maximum absolute atomic E-state index is 2.49. The van der Waals surface area contributed by atoms with Crippen LogP contribution in [0.2, 0.25) is 0 Å². The van der Waals surface area contributed by atoms with Gasteiger partial charge in [0.1, 0.15) is 0 Å². The van der Waals surface area contributed by atoms with E-state index in [1.54, 1.807) is 0 Å². The molecule has 0 aliphatic rings. The maximum atomic E-state index is 2.49. The van der Waals surface area contributed by atoms with E-state index in [0.29, 0.717) is 0 Å². The first-order valence-electron chi connectivity index (χ1n) is 18.6. The summed E-state index contributed by atoms with van der Waals surface area (Å²) in [5.74, 6) is 0.0742. The van der Waals surface area contributed by atoms with Crippen LogP contribution < -0.4 is 4.90 Å². The maximum Gasteiger partial charge on any atom is 0.0546 e. The second-order valence-corrected chi connectivity index (χ2v) is 16.2. The largest absolute Gasteiger partial charge is 0.310 e. The molecule has 1 nitrogen and oxygen atoms in total. The van der Waals surface area contributed by atoms with Crippen molar-refractivity contribution >= 4 is 49.4 Å². The standard InChI is InChI=1S/C51H47N/c1-50(2,3)37-27-25-36(26-28-37)49(35-17-9-7-10-18-35)47-33-45-43-23-15-16-24-44(43)48(34-46(45)41-21-13-14-22-42(41)47)52(39-19-11-8-12-20-39)40-31-29-38(30-32-40)51(4,5)6/h7-34,49H,1-6H3. The molecule has 0 saturated carbocycles. The molecule has 0 aliphatic carbocycles. The van der Waals surface area contributed by atoms with Crippen LogP contribution in [0.4, 0.5) is 17.1 Å². The lowest BCUT2D eigenvalue weighted by Gasteiger charge is -2.29. The molecule has 8 aromatic carbocycles. The van der Waals surface area contributed by atoms with Gasteiger partial charge in [-0.25, -0.2) is 0 Å². The molecule has 52 heavy (non-hydrogen) atoms. The third-order valence-corrected chi connectivity index (χ3v) is 10.7. The Morgan fingerprint density at radius 1 is 0.365 bits per heavy atom. The Kier molecular flexibility index (Phi) is 8.47. The van der Waals surface area contributed by atoms with E-state index in [1.807, 2.05) is 0 Å². The summed E-state index contributed by atoms with van der Waals surface area (Å²) in [5, 5.41) is 7.57. The molecule has 0 radical (unpaired) electrons. The molecular formula is C51H47N. The van der Waals surface area contributed by atoms with Crippen LogP contribution in [0.3, 0.4) is 0 Å². The van der Waals surface area contributed by atoms with Crippen LogP contribution in [0.25, 0.3) is 32.3 Å². The Morgan fingerprint density at radius 3 is 1.37 bits per heavy atom. The lowest BCUT2D eigenvalue weighted by atomic mass is 9.79. The van der Waals surface area contributed by atoms with Gasteiger partial charge in [-0.1, -0.05) is 175 Å². The lowest BCUT2D eigenvalue weighted by Crippen LogP contribution is -2.13. The highest BCUT2D eigenvalue weighted by molar-refractivity contribution is 6.22. The van der Waals surface area contributed by atoms with Gasteiger partial charge < -0.3 is 4.90 Å². The number of hydrogen-bond acceptors (Lipinski definition) is 1. The van der Waals surface area contributed by atoms with Gasteiger partial charge in [0.05, 0.1) is 5.69 Å². The van der Waals surface area contributed by atoms with Crippen molar-refractivity contribution in [3.05, 3.63) is 198 Å². The molecule has 8 aromatic rings. The normalized spacial score (nSPS) is 12.7. The predicted octanol–water partition coefficient (Wildman–Crippen LogP) is 14.4. The topological polar surface area (TPSA) is 3.24 Å². The zero-order valence-corrected chi connectivity index (χ0v) is 31.2. The Bertz CT molecular complexity index is 2320. The van der Waals surface area contributed by atoms with Crippen molar-refractivity contribution in [1.82, 2.24) is 0 Å². The predicted molar refractivity (Wildman–Crippen MR) is 225 cm³/mol. The number of fused-ring (bicyclic) bond motifs is 5. The minimum atomic E-state index is 0.0742. The number of anilines is 3. The highest BCUT2D eigenvalue weighted by Gasteiger charge is 2.24. The third-order valence-electron chi connectivity index (χ3n) is 10.7. The monoisotopic (exact) mass is 673 g/mol. The fourth-order valence-electron chi connectivity index (χ4n) is 7.87. The van der Waals surface area contributed by atoms with Crippen LogP contribution in [0, 0.1) is 0 Å². The molecule has 256 valence electrons. The first kappa shape index (κ1) is 33.5. The van der Waals surface area contributed by atoms with Crippen molar-refractivity contribution in [3.63, 3.8) is 0 Å². The van der Waals surface area contributed by atoms with Crippen molar-refractivity contribution in [1.29, 1.82) is 0 Å². The van der Waals surface area contributed by atoms with E-state index in [0.717, 1.165) is 11.4 Å². The summed E-state index contributed by atoms with van der Waals surface area (Å²) in [6.45, 7) is 13.7. The second kappa shape index (κ2) is 13.1. The van der Waals surface area contributed by atoms with Gasteiger partial charge >= 0.3 is 0 Å². The average Bonchev–Trinajstić information content (AvgIpc) is 3.16. The van der Waals surface area contributed by atoms with Crippen LogP contribution in [-0.4, -0.2) is 0 Å². The molecule has 0 N–H and O–H groups in total. The van der Waals surface area contributed by atoms with E-state index in [4.69, 9.17) is 0 Å². The first-order chi connectivity index (χ1) is 25.1. The van der Waals surface area contributed by atoms with Crippen LogP contribution in [0.5, 0.6) is 0 Å². The van der Waals surface area contributed by atoms with Crippen LogP contribution in [0.15, 0.2) is 170 Å². The van der Waals surface area contributed by atoms with Gasteiger partial charge in [0.15, 0.2) is 0 Å². The zero-order chi connectivity index (χ0) is 36.0. The molecule has 0 aromatic heterocycles. The van der Waals surface area contributed by atoms with Gasteiger partial charge in [0.2, 0.25) is 0 Å². The molecule has 1 atom stereocenters. The Balaban J connectivity index is 1.41. The first-order valence-corrected chi connectivity index (χ1v) is 18.6. The number of benzene rings is 8. The molecule has 0 aliphatic heterocycles. The van der Waals surface area contributed by atoms with E-state index in [2.05, 4.69) is 216 Å². The smallest absolute Gasteiger partial charge is 0.0546 e. The molecule has 0 bridgehead atoms.